The van der Waals surface area contributed by atoms with Gasteiger partial charge in [-0.25, -0.2) is 0 Å². The van der Waals surface area contributed by atoms with Crippen molar-refractivity contribution in [3.8, 4) is 0 Å². The summed E-state index contributed by atoms with van der Waals surface area (Å²) in [6, 6.07) is 3.52. The monoisotopic (exact) mass is 236 g/mol. The molecule has 2 rings (SSSR count). The minimum Gasteiger partial charge on any atom is -0.383 e. The Balaban J connectivity index is 2.07. The summed E-state index contributed by atoms with van der Waals surface area (Å²) < 4.78 is 5.01. The van der Waals surface area contributed by atoms with E-state index in [4.69, 9.17) is 10.5 Å². The quantitative estimate of drug-likeness (QED) is 0.795. The normalized spacial score (nSPS) is 14.6. The van der Waals surface area contributed by atoms with Crippen molar-refractivity contribution in [3.63, 3.8) is 0 Å². The lowest BCUT2D eigenvalue weighted by Crippen LogP contribution is -2.36. The molecule has 1 aromatic rings. The topological polar surface area (TPSA) is 81.3 Å². The van der Waals surface area contributed by atoms with Crippen molar-refractivity contribution in [2.75, 3.05) is 26.0 Å². The van der Waals surface area contributed by atoms with Crippen LogP contribution in [0, 0.1) is 0 Å². The molecular weight excluding hydrogens is 220 g/mol. The number of nitrogen functional groups attached to an aromatic ring is 1. The fourth-order valence-electron chi connectivity index (χ4n) is 1.63. The fraction of sp³-hybridized carbons (Fsp3) is 0.545. The first kappa shape index (κ1) is 11.8. The summed E-state index contributed by atoms with van der Waals surface area (Å²) in [6.07, 6.45) is 2.11. The summed E-state index contributed by atoms with van der Waals surface area (Å²) in [5, 5.41) is 7.50. The molecule has 2 N–H and O–H groups in total. The molecule has 1 fully saturated rings. The van der Waals surface area contributed by atoms with E-state index in [-0.39, 0.29) is 5.91 Å². The van der Waals surface area contributed by atoms with Gasteiger partial charge in [-0.05, 0) is 25.0 Å². The molecule has 92 valence electrons. The molecule has 1 amide bonds. The van der Waals surface area contributed by atoms with Crippen molar-refractivity contribution in [3.05, 3.63) is 17.8 Å². The van der Waals surface area contributed by atoms with Gasteiger partial charge < -0.3 is 15.4 Å². The number of ether oxygens (including phenoxy) is 1. The number of hydrogen-bond donors (Lipinski definition) is 1. The predicted molar refractivity (Wildman–Crippen MR) is 62.4 cm³/mol. The maximum absolute atomic E-state index is 12.2. The van der Waals surface area contributed by atoms with Crippen LogP contribution in [0.2, 0.25) is 0 Å². The summed E-state index contributed by atoms with van der Waals surface area (Å²) in [5.41, 5.74) is 5.77. The minimum atomic E-state index is -0.1000. The lowest BCUT2D eigenvalue weighted by Gasteiger charge is -2.21. The molecule has 1 saturated carbocycles. The van der Waals surface area contributed by atoms with Crippen molar-refractivity contribution in [1.29, 1.82) is 0 Å². The van der Waals surface area contributed by atoms with Crippen molar-refractivity contribution in [1.82, 2.24) is 15.1 Å². The SMILES string of the molecule is COCCN(C(=O)c1ccc(N)nn1)C1CC1. The van der Waals surface area contributed by atoms with E-state index in [1.807, 2.05) is 0 Å². The van der Waals surface area contributed by atoms with Crippen LogP contribution in [0.15, 0.2) is 12.1 Å². The molecule has 0 spiro atoms. The molecule has 1 heterocycles. The van der Waals surface area contributed by atoms with E-state index in [2.05, 4.69) is 10.2 Å². The number of rotatable bonds is 5. The number of nitrogens with zero attached hydrogens (tertiary/aromatic N) is 3. The van der Waals surface area contributed by atoms with Crippen molar-refractivity contribution in [2.24, 2.45) is 0 Å². The van der Waals surface area contributed by atoms with Crippen LogP contribution in [0.25, 0.3) is 0 Å². The van der Waals surface area contributed by atoms with Crippen LogP contribution in [0.3, 0.4) is 0 Å². The molecule has 17 heavy (non-hydrogen) atoms. The van der Waals surface area contributed by atoms with Gasteiger partial charge in [-0.3, -0.25) is 4.79 Å². The van der Waals surface area contributed by atoms with Crippen molar-refractivity contribution in [2.45, 2.75) is 18.9 Å². The van der Waals surface area contributed by atoms with Crippen LogP contribution in [0.4, 0.5) is 5.82 Å². The second-order valence-electron chi connectivity index (χ2n) is 4.07. The Morgan fingerprint density at radius 1 is 1.53 bits per heavy atom. The largest absolute Gasteiger partial charge is 0.383 e. The predicted octanol–water partition coefficient (Wildman–Crippen LogP) is 0.310. The highest BCUT2D eigenvalue weighted by atomic mass is 16.5. The number of anilines is 1. The van der Waals surface area contributed by atoms with E-state index in [1.54, 1.807) is 24.1 Å². The van der Waals surface area contributed by atoms with Crippen molar-refractivity contribution >= 4 is 11.7 Å². The number of carbonyl (C=O) groups is 1. The summed E-state index contributed by atoms with van der Waals surface area (Å²) >= 11 is 0. The lowest BCUT2D eigenvalue weighted by atomic mass is 10.3. The Morgan fingerprint density at radius 3 is 2.82 bits per heavy atom. The van der Waals surface area contributed by atoms with Gasteiger partial charge in [0.1, 0.15) is 5.82 Å². The Morgan fingerprint density at radius 2 is 2.29 bits per heavy atom. The highest BCUT2D eigenvalue weighted by molar-refractivity contribution is 5.92. The average Bonchev–Trinajstić information content (AvgIpc) is 3.14. The maximum Gasteiger partial charge on any atom is 0.274 e. The standard InChI is InChI=1S/C11H16N4O2/c1-17-7-6-15(8-2-3-8)11(16)9-4-5-10(12)14-13-9/h4-5,8H,2-3,6-7H2,1H3,(H2,12,14). The zero-order valence-electron chi connectivity index (χ0n) is 9.80. The number of hydrogen-bond acceptors (Lipinski definition) is 5. The molecule has 0 bridgehead atoms. The number of aromatic nitrogens is 2. The zero-order chi connectivity index (χ0) is 12.3. The lowest BCUT2D eigenvalue weighted by molar-refractivity contribution is 0.0673. The number of nitrogens with two attached hydrogens (primary N) is 1. The first-order chi connectivity index (χ1) is 8.22. The molecule has 1 aliphatic rings. The van der Waals surface area contributed by atoms with Gasteiger partial charge >= 0.3 is 0 Å². The second kappa shape index (κ2) is 5.09. The number of amides is 1. The van der Waals surface area contributed by atoms with Gasteiger partial charge in [0.2, 0.25) is 0 Å². The molecule has 0 radical (unpaired) electrons. The van der Waals surface area contributed by atoms with E-state index in [1.165, 1.54) is 0 Å². The highest BCUT2D eigenvalue weighted by Crippen LogP contribution is 2.27. The van der Waals surface area contributed by atoms with E-state index >= 15 is 0 Å². The molecule has 1 aliphatic carbocycles. The third kappa shape index (κ3) is 2.91. The van der Waals surface area contributed by atoms with Gasteiger partial charge in [0.05, 0.1) is 6.61 Å². The smallest absolute Gasteiger partial charge is 0.274 e. The first-order valence-electron chi connectivity index (χ1n) is 5.61. The zero-order valence-corrected chi connectivity index (χ0v) is 9.80. The molecule has 0 atom stereocenters. The Bertz CT molecular complexity index is 389. The van der Waals surface area contributed by atoms with E-state index in [0.29, 0.717) is 30.7 Å². The maximum atomic E-state index is 12.2. The molecule has 6 heteroatoms. The summed E-state index contributed by atoms with van der Waals surface area (Å²) in [6.45, 7) is 1.12. The molecule has 0 saturated heterocycles. The van der Waals surface area contributed by atoms with Crippen LogP contribution >= 0.6 is 0 Å². The van der Waals surface area contributed by atoms with Gasteiger partial charge in [-0.2, -0.15) is 0 Å². The second-order valence-corrected chi connectivity index (χ2v) is 4.07. The van der Waals surface area contributed by atoms with E-state index in [9.17, 15) is 4.79 Å². The van der Waals surface area contributed by atoms with Crippen LogP contribution in [0.5, 0.6) is 0 Å². The number of methoxy groups -OCH3 is 1. The summed E-state index contributed by atoms with van der Waals surface area (Å²) in [5.74, 6) is 0.216. The fourth-order valence-corrected chi connectivity index (χ4v) is 1.63. The van der Waals surface area contributed by atoms with Crippen molar-refractivity contribution < 1.29 is 9.53 Å². The van der Waals surface area contributed by atoms with Gasteiger partial charge in [0.25, 0.3) is 5.91 Å². The van der Waals surface area contributed by atoms with Gasteiger partial charge in [-0.1, -0.05) is 0 Å². The Kier molecular flexibility index (Phi) is 3.53. The summed E-state index contributed by atoms with van der Waals surface area (Å²) in [7, 11) is 1.62. The average molecular weight is 236 g/mol. The van der Waals surface area contributed by atoms with E-state index in [0.717, 1.165) is 12.8 Å². The van der Waals surface area contributed by atoms with E-state index < -0.39 is 0 Å². The first-order valence-corrected chi connectivity index (χ1v) is 5.61. The third-order valence-electron chi connectivity index (χ3n) is 2.69. The third-order valence-corrected chi connectivity index (χ3v) is 2.69. The highest BCUT2D eigenvalue weighted by Gasteiger charge is 2.33. The Labute approximate surface area is 99.8 Å². The van der Waals surface area contributed by atoms with Gasteiger partial charge in [0, 0.05) is 19.7 Å². The van der Waals surface area contributed by atoms with Crippen LogP contribution in [-0.2, 0) is 4.74 Å². The molecule has 0 aliphatic heterocycles. The molecule has 0 aromatic carbocycles. The van der Waals surface area contributed by atoms with Crippen LogP contribution < -0.4 is 5.73 Å². The Hall–Kier alpha value is -1.69. The molecule has 0 unspecified atom stereocenters. The molecule has 1 aromatic heterocycles. The van der Waals surface area contributed by atoms with Crippen LogP contribution in [-0.4, -0.2) is 47.3 Å². The molecule has 6 nitrogen and oxygen atoms in total. The molecular formula is C11H16N4O2. The summed E-state index contributed by atoms with van der Waals surface area (Å²) in [4.78, 5) is 14.0. The number of carbonyl (C=O) groups excluding carboxylic acids is 1. The van der Waals surface area contributed by atoms with Crippen LogP contribution in [0.1, 0.15) is 23.3 Å². The van der Waals surface area contributed by atoms with Gasteiger partial charge in [-0.15, -0.1) is 10.2 Å². The minimum absolute atomic E-state index is 0.1000. The van der Waals surface area contributed by atoms with Gasteiger partial charge in [0.15, 0.2) is 5.69 Å².